The summed E-state index contributed by atoms with van der Waals surface area (Å²) < 4.78 is 5.76. The molecule has 2 unspecified atom stereocenters. The molecule has 2 saturated heterocycles. The highest BCUT2D eigenvalue weighted by molar-refractivity contribution is 6.05. The number of carbonyl (C=O) groups is 2. The Hall–Kier alpha value is -2.08. The number of urea groups is 1. The maximum absolute atomic E-state index is 12.5. The lowest BCUT2D eigenvalue weighted by molar-refractivity contribution is 0.0956. The van der Waals surface area contributed by atoms with Crippen LogP contribution in [-0.2, 0) is 0 Å². The summed E-state index contributed by atoms with van der Waals surface area (Å²) in [6.45, 7) is 0.634. The van der Waals surface area contributed by atoms with Gasteiger partial charge < -0.3 is 15.0 Å². The van der Waals surface area contributed by atoms with Crippen LogP contribution in [0.5, 0.6) is 5.75 Å². The van der Waals surface area contributed by atoms with Gasteiger partial charge in [0.15, 0.2) is 0 Å². The maximum Gasteiger partial charge on any atom is 0.321 e. The first-order valence-electron chi connectivity index (χ1n) is 9.65. The lowest BCUT2D eigenvalue weighted by Crippen LogP contribution is -2.51. The molecule has 0 radical (unpaired) electrons. The van der Waals surface area contributed by atoms with Crippen LogP contribution in [0.25, 0.3) is 0 Å². The largest absolute Gasteiger partial charge is 0.492 e. The van der Waals surface area contributed by atoms with Gasteiger partial charge >= 0.3 is 6.03 Å². The van der Waals surface area contributed by atoms with Gasteiger partial charge in [0.1, 0.15) is 5.75 Å². The Morgan fingerprint density at radius 1 is 1.12 bits per heavy atom. The molecule has 2 heterocycles. The van der Waals surface area contributed by atoms with Crippen molar-refractivity contribution >= 4 is 11.9 Å². The van der Waals surface area contributed by atoms with E-state index in [2.05, 4.69) is 22.6 Å². The number of fused-ring (bicyclic) bond motifs is 2. The minimum Gasteiger partial charge on any atom is -0.492 e. The fourth-order valence-corrected chi connectivity index (χ4v) is 4.19. The normalized spacial score (nSPS) is 27.8. The van der Waals surface area contributed by atoms with Gasteiger partial charge in [0.2, 0.25) is 0 Å². The Bertz CT molecular complexity index is 675. The van der Waals surface area contributed by atoms with Gasteiger partial charge in [0, 0.05) is 18.1 Å². The van der Waals surface area contributed by atoms with Crippen molar-refractivity contribution in [3.8, 4) is 5.75 Å². The molecule has 0 spiro atoms. The molecule has 0 aromatic heterocycles. The van der Waals surface area contributed by atoms with Gasteiger partial charge in [-0.2, -0.15) is 0 Å². The molecule has 1 aromatic rings. The van der Waals surface area contributed by atoms with Crippen molar-refractivity contribution in [2.75, 3.05) is 13.7 Å². The summed E-state index contributed by atoms with van der Waals surface area (Å²) in [6, 6.07) is 7.92. The number of carbonyl (C=O) groups excluding carboxylic acids is 2. The van der Waals surface area contributed by atoms with E-state index in [1.807, 2.05) is 6.07 Å². The third-order valence-electron chi connectivity index (χ3n) is 5.96. The molecule has 4 rings (SSSR count). The predicted octanol–water partition coefficient (Wildman–Crippen LogP) is 2.54. The van der Waals surface area contributed by atoms with Gasteiger partial charge in [-0.25, -0.2) is 4.79 Å². The Morgan fingerprint density at radius 2 is 1.81 bits per heavy atom. The summed E-state index contributed by atoms with van der Waals surface area (Å²) in [7, 11) is 2.17. The van der Waals surface area contributed by atoms with Gasteiger partial charge in [-0.15, -0.1) is 0 Å². The predicted molar refractivity (Wildman–Crippen MR) is 98.3 cm³/mol. The van der Waals surface area contributed by atoms with Crippen molar-refractivity contribution in [2.24, 2.45) is 5.92 Å². The number of hydrogen-bond acceptors (Lipinski definition) is 4. The van der Waals surface area contributed by atoms with Crippen molar-refractivity contribution in [1.82, 2.24) is 15.5 Å². The minimum absolute atomic E-state index is 0.137. The van der Waals surface area contributed by atoms with Crippen molar-refractivity contribution in [3.05, 3.63) is 29.8 Å². The summed E-state index contributed by atoms with van der Waals surface area (Å²) in [5.74, 6) is 0.737. The third kappa shape index (κ3) is 3.85. The third-order valence-corrected chi connectivity index (χ3v) is 5.96. The Labute approximate surface area is 154 Å². The quantitative estimate of drug-likeness (QED) is 0.850. The van der Waals surface area contributed by atoms with Crippen LogP contribution in [0, 0.1) is 5.92 Å². The Balaban J connectivity index is 1.32. The standard InChI is InChI=1S/C20H27N3O3/c1-23-15-8-9-16(23)11-14(10-15)21-20(25)22-19(24)17-4-2-3-5-18(17)26-12-13-6-7-13/h2-5,13-16H,6-12H2,1H3,(H2,21,22,24,25). The van der Waals surface area contributed by atoms with Crippen LogP contribution in [0.1, 0.15) is 48.9 Å². The van der Waals surface area contributed by atoms with Crippen molar-refractivity contribution in [2.45, 2.75) is 56.7 Å². The lowest BCUT2D eigenvalue weighted by atomic mass is 9.98. The molecule has 2 aliphatic heterocycles. The molecule has 3 amide bonds. The molecule has 6 nitrogen and oxygen atoms in total. The smallest absolute Gasteiger partial charge is 0.321 e. The highest BCUT2D eigenvalue weighted by Gasteiger charge is 2.38. The number of ether oxygens (including phenoxy) is 1. The second kappa shape index (κ2) is 7.27. The molecule has 6 heteroatoms. The van der Waals surface area contributed by atoms with Gasteiger partial charge in [-0.1, -0.05) is 12.1 Å². The van der Waals surface area contributed by atoms with E-state index in [1.54, 1.807) is 18.2 Å². The molecule has 2 N–H and O–H groups in total. The average molecular weight is 357 g/mol. The highest BCUT2D eigenvalue weighted by Crippen LogP contribution is 2.34. The van der Waals surface area contributed by atoms with Crippen LogP contribution in [-0.4, -0.2) is 48.6 Å². The number of hydrogen-bond donors (Lipinski definition) is 2. The van der Waals surface area contributed by atoms with E-state index in [9.17, 15) is 9.59 Å². The highest BCUT2D eigenvalue weighted by atomic mass is 16.5. The fourth-order valence-electron chi connectivity index (χ4n) is 4.19. The zero-order chi connectivity index (χ0) is 18.1. The summed E-state index contributed by atoms with van der Waals surface area (Å²) in [5, 5.41) is 5.45. The fraction of sp³-hybridized carbons (Fsp3) is 0.600. The van der Waals surface area contributed by atoms with E-state index >= 15 is 0 Å². The number of rotatable bonds is 5. The average Bonchev–Trinajstić information content (AvgIpc) is 3.42. The number of imide groups is 1. The Morgan fingerprint density at radius 3 is 2.50 bits per heavy atom. The molecule has 1 aliphatic carbocycles. The lowest BCUT2D eigenvalue weighted by Gasteiger charge is -2.36. The van der Waals surface area contributed by atoms with Crippen LogP contribution in [0.4, 0.5) is 4.79 Å². The van der Waals surface area contributed by atoms with Gasteiger partial charge in [0.05, 0.1) is 12.2 Å². The van der Waals surface area contributed by atoms with Crippen molar-refractivity contribution in [1.29, 1.82) is 0 Å². The van der Waals surface area contributed by atoms with E-state index in [4.69, 9.17) is 4.74 Å². The van der Waals surface area contributed by atoms with Crippen LogP contribution in [0.15, 0.2) is 24.3 Å². The van der Waals surface area contributed by atoms with Crippen LogP contribution < -0.4 is 15.4 Å². The molecule has 1 saturated carbocycles. The second-order valence-corrected chi connectivity index (χ2v) is 7.90. The van der Waals surface area contributed by atoms with E-state index in [0.29, 0.717) is 35.9 Å². The molecule has 140 valence electrons. The zero-order valence-corrected chi connectivity index (χ0v) is 15.2. The number of amides is 3. The van der Waals surface area contributed by atoms with E-state index in [1.165, 1.54) is 25.7 Å². The first kappa shape index (κ1) is 17.3. The summed E-state index contributed by atoms with van der Waals surface area (Å²) in [4.78, 5) is 27.2. The van der Waals surface area contributed by atoms with Crippen molar-refractivity contribution in [3.63, 3.8) is 0 Å². The summed E-state index contributed by atoms with van der Waals surface area (Å²) >= 11 is 0. The molecular weight excluding hydrogens is 330 g/mol. The van der Waals surface area contributed by atoms with Crippen molar-refractivity contribution < 1.29 is 14.3 Å². The zero-order valence-electron chi connectivity index (χ0n) is 15.2. The minimum atomic E-state index is -0.416. The monoisotopic (exact) mass is 357 g/mol. The van der Waals surface area contributed by atoms with E-state index in [0.717, 1.165) is 12.8 Å². The molecule has 2 atom stereocenters. The van der Waals surface area contributed by atoms with Crippen LogP contribution >= 0.6 is 0 Å². The van der Waals surface area contributed by atoms with Gasteiger partial charge in [0.25, 0.3) is 5.91 Å². The van der Waals surface area contributed by atoms with Gasteiger partial charge in [-0.05, 0) is 63.6 Å². The second-order valence-electron chi connectivity index (χ2n) is 7.90. The summed E-state index contributed by atoms with van der Waals surface area (Å²) in [5.41, 5.74) is 0.409. The topological polar surface area (TPSA) is 70.7 Å². The van der Waals surface area contributed by atoms with Crippen LogP contribution in [0.3, 0.4) is 0 Å². The number of benzene rings is 1. The molecular formula is C20H27N3O3. The SMILES string of the molecule is CN1C2CCC1CC(NC(=O)NC(=O)c1ccccc1OCC1CC1)C2. The molecule has 2 bridgehead atoms. The maximum atomic E-state index is 12.5. The number of nitrogens with zero attached hydrogens (tertiary/aromatic N) is 1. The summed E-state index contributed by atoms with van der Waals surface area (Å²) in [6.07, 6.45) is 6.69. The molecule has 26 heavy (non-hydrogen) atoms. The Kier molecular flexibility index (Phi) is 4.85. The van der Waals surface area contributed by atoms with E-state index in [-0.39, 0.29) is 6.04 Å². The molecule has 3 aliphatic rings. The first-order valence-corrected chi connectivity index (χ1v) is 9.65. The molecule has 1 aromatic carbocycles. The number of para-hydroxylation sites is 1. The van der Waals surface area contributed by atoms with Crippen LogP contribution in [0.2, 0.25) is 0 Å². The van der Waals surface area contributed by atoms with Gasteiger partial charge in [-0.3, -0.25) is 10.1 Å². The molecule has 3 fully saturated rings. The van der Waals surface area contributed by atoms with E-state index < -0.39 is 11.9 Å². The number of piperidine rings is 1. The first-order chi connectivity index (χ1) is 12.6. The number of nitrogens with one attached hydrogen (secondary N) is 2.